The largest absolute Gasteiger partial charge is 0.311 e. The van der Waals surface area contributed by atoms with Crippen LogP contribution in [0.4, 0.5) is 0 Å². The Labute approximate surface area is 104 Å². The molecule has 0 spiro atoms. The van der Waals surface area contributed by atoms with Gasteiger partial charge in [-0.25, -0.2) is 0 Å². The summed E-state index contributed by atoms with van der Waals surface area (Å²) in [7, 11) is 1.92. The molecule has 0 bridgehead atoms. The lowest BCUT2D eigenvalue weighted by molar-refractivity contribution is 0.563. The molecule has 0 fully saturated rings. The lowest BCUT2D eigenvalue weighted by Crippen LogP contribution is -2.17. The Hall–Kier alpha value is -1.40. The van der Waals surface area contributed by atoms with E-state index in [0.29, 0.717) is 0 Å². The second-order valence-corrected chi connectivity index (χ2v) is 5.18. The number of nitrogens with one attached hydrogen (secondary N) is 1. The molecule has 1 N–H and O–H groups in total. The van der Waals surface area contributed by atoms with Crippen LogP contribution in [0, 0.1) is 24.2 Å². The average Bonchev–Trinajstić information content (AvgIpc) is 2.24. The number of hydrogen-bond donors (Lipinski definition) is 1. The van der Waals surface area contributed by atoms with Gasteiger partial charge in [0.25, 0.3) is 0 Å². The molecule has 1 atom stereocenters. The van der Waals surface area contributed by atoms with E-state index in [1.54, 1.807) is 6.20 Å². The summed E-state index contributed by atoms with van der Waals surface area (Å²) < 4.78 is 0. The van der Waals surface area contributed by atoms with Crippen LogP contribution in [0.25, 0.3) is 0 Å². The van der Waals surface area contributed by atoms with E-state index in [2.05, 4.69) is 47.9 Å². The Morgan fingerprint density at radius 3 is 2.47 bits per heavy atom. The Bertz CT molecular complexity index is 404. The van der Waals surface area contributed by atoms with Crippen molar-refractivity contribution in [3.8, 4) is 11.8 Å². The van der Waals surface area contributed by atoms with E-state index in [4.69, 9.17) is 0 Å². The molecule has 0 aliphatic carbocycles. The quantitative estimate of drug-likeness (QED) is 0.812. The van der Waals surface area contributed by atoms with Crippen molar-refractivity contribution >= 4 is 0 Å². The molecule has 1 rings (SSSR count). The first kappa shape index (κ1) is 13.7. The van der Waals surface area contributed by atoms with Crippen molar-refractivity contribution in [1.82, 2.24) is 15.3 Å². The molecule has 0 aromatic carbocycles. The van der Waals surface area contributed by atoms with Gasteiger partial charge in [0, 0.05) is 18.0 Å². The summed E-state index contributed by atoms with van der Waals surface area (Å²) in [5.74, 6) is 6.44. The van der Waals surface area contributed by atoms with E-state index in [0.717, 1.165) is 17.8 Å². The topological polar surface area (TPSA) is 37.8 Å². The molecule has 1 unspecified atom stereocenters. The molecule has 0 radical (unpaired) electrons. The van der Waals surface area contributed by atoms with E-state index >= 15 is 0 Å². The molecule has 1 aromatic rings. The normalized spacial score (nSPS) is 12.8. The van der Waals surface area contributed by atoms with Crippen LogP contribution in [0.15, 0.2) is 12.4 Å². The van der Waals surface area contributed by atoms with Gasteiger partial charge >= 0.3 is 0 Å². The van der Waals surface area contributed by atoms with Crippen molar-refractivity contribution in [2.75, 3.05) is 7.05 Å². The minimum atomic E-state index is 0.0528. The third-order valence-electron chi connectivity index (χ3n) is 2.28. The second kappa shape index (κ2) is 5.79. The van der Waals surface area contributed by atoms with E-state index < -0.39 is 0 Å². The van der Waals surface area contributed by atoms with Crippen LogP contribution in [-0.4, -0.2) is 17.0 Å². The molecule has 0 aliphatic heterocycles. The van der Waals surface area contributed by atoms with Crippen molar-refractivity contribution in [3.05, 3.63) is 23.8 Å². The van der Waals surface area contributed by atoms with Crippen molar-refractivity contribution < 1.29 is 0 Å². The highest BCUT2D eigenvalue weighted by Crippen LogP contribution is 2.14. The molecule has 1 heterocycles. The van der Waals surface area contributed by atoms with Gasteiger partial charge in [-0.2, -0.15) is 0 Å². The fraction of sp³-hybridized carbons (Fsp3) is 0.571. The molecule has 3 nitrogen and oxygen atoms in total. The zero-order valence-corrected chi connectivity index (χ0v) is 11.3. The summed E-state index contributed by atoms with van der Waals surface area (Å²) in [6.07, 6.45) is 4.36. The maximum atomic E-state index is 4.37. The minimum absolute atomic E-state index is 0.0528. The van der Waals surface area contributed by atoms with Crippen molar-refractivity contribution in [2.45, 2.75) is 40.2 Å². The lowest BCUT2D eigenvalue weighted by Gasteiger charge is -2.13. The average molecular weight is 231 g/mol. The molecule has 1 aromatic heterocycles. The fourth-order valence-corrected chi connectivity index (χ4v) is 1.36. The summed E-state index contributed by atoms with van der Waals surface area (Å²) in [5, 5.41) is 3.22. The molecule has 3 heteroatoms. The predicted molar refractivity (Wildman–Crippen MR) is 70.4 cm³/mol. The van der Waals surface area contributed by atoms with Gasteiger partial charge in [0.15, 0.2) is 0 Å². The van der Waals surface area contributed by atoms with Crippen LogP contribution >= 0.6 is 0 Å². The first-order chi connectivity index (χ1) is 7.92. The SMILES string of the molecule is CNC(CC#CC(C)(C)C)c1cnc(C)cn1. The fourth-order valence-electron chi connectivity index (χ4n) is 1.36. The molecule has 17 heavy (non-hydrogen) atoms. The van der Waals surface area contributed by atoms with Crippen molar-refractivity contribution in [3.63, 3.8) is 0 Å². The number of nitrogens with zero attached hydrogens (tertiary/aromatic N) is 2. The number of hydrogen-bond acceptors (Lipinski definition) is 3. The highest BCUT2D eigenvalue weighted by atomic mass is 14.9. The third kappa shape index (κ3) is 4.97. The molecule has 0 saturated heterocycles. The first-order valence-corrected chi connectivity index (χ1v) is 5.88. The third-order valence-corrected chi connectivity index (χ3v) is 2.28. The predicted octanol–water partition coefficient (Wildman–Crippen LogP) is 2.49. The lowest BCUT2D eigenvalue weighted by atomic mass is 9.97. The Morgan fingerprint density at radius 1 is 1.29 bits per heavy atom. The highest BCUT2D eigenvalue weighted by Gasteiger charge is 2.10. The van der Waals surface area contributed by atoms with E-state index in [-0.39, 0.29) is 11.5 Å². The molecular weight excluding hydrogens is 210 g/mol. The Kier molecular flexibility index (Phi) is 4.65. The van der Waals surface area contributed by atoms with Crippen LogP contribution in [0.5, 0.6) is 0 Å². The van der Waals surface area contributed by atoms with Crippen LogP contribution < -0.4 is 5.32 Å². The van der Waals surface area contributed by atoms with Gasteiger partial charge in [-0.1, -0.05) is 5.92 Å². The van der Waals surface area contributed by atoms with Gasteiger partial charge in [0.1, 0.15) is 0 Å². The van der Waals surface area contributed by atoms with Gasteiger partial charge in [-0.3, -0.25) is 9.97 Å². The molecular formula is C14H21N3. The summed E-state index contributed by atoms with van der Waals surface area (Å²) in [4.78, 5) is 8.63. The standard InChI is InChI=1S/C14H21N3/c1-11-9-17-13(10-16-11)12(15-5)7-6-8-14(2,3)4/h9-10,12,15H,7H2,1-5H3. The molecule has 0 amide bonds. The molecule has 0 saturated carbocycles. The van der Waals surface area contributed by atoms with E-state index in [1.807, 2.05) is 20.2 Å². The summed E-state index contributed by atoms with van der Waals surface area (Å²) in [5.41, 5.74) is 1.93. The second-order valence-electron chi connectivity index (χ2n) is 5.18. The van der Waals surface area contributed by atoms with Gasteiger partial charge in [-0.05, 0) is 34.7 Å². The number of aryl methyl sites for hydroxylation is 1. The maximum absolute atomic E-state index is 4.37. The van der Waals surface area contributed by atoms with Crippen LogP contribution in [0.2, 0.25) is 0 Å². The van der Waals surface area contributed by atoms with Crippen LogP contribution in [-0.2, 0) is 0 Å². The number of rotatable bonds is 3. The summed E-state index contributed by atoms with van der Waals surface area (Å²) >= 11 is 0. The van der Waals surface area contributed by atoms with Crippen LogP contribution in [0.1, 0.15) is 44.6 Å². The van der Waals surface area contributed by atoms with Crippen LogP contribution in [0.3, 0.4) is 0 Å². The zero-order chi connectivity index (χ0) is 12.9. The number of aromatic nitrogens is 2. The summed E-state index contributed by atoms with van der Waals surface area (Å²) in [6.45, 7) is 8.27. The monoisotopic (exact) mass is 231 g/mol. The zero-order valence-electron chi connectivity index (χ0n) is 11.3. The smallest absolute Gasteiger partial charge is 0.0765 e. The first-order valence-electron chi connectivity index (χ1n) is 5.88. The maximum Gasteiger partial charge on any atom is 0.0765 e. The Morgan fingerprint density at radius 2 is 2.00 bits per heavy atom. The Balaban J connectivity index is 2.72. The highest BCUT2D eigenvalue weighted by molar-refractivity contribution is 5.13. The van der Waals surface area contributed by atoms with Gasteiger partial charge in [-0.15, -0.1) is 5.92 Å². The molecule has 0 aliphatic rings. The summed E-state index contributed by atoms with van der Waals surface area (Å²) in [6, 6.07) is 0.151. The van der Waals surface area contributed by atoms with Crippen molar-refractivity contribution in [1.29, 1.82) is 0 Å². The van der Waals surface area contributed by atoms with Gasteiger partial charge in [0.05, 0.1) is 23.6 Å². The van der Waals surface area contributed by atoms with Gasteiger partial charge in [0.2, 0.25) is 0 Å². The van der Waals surface area contributed by atoms with E-state index in [9.17, 15) is 0 Å². The minimum Gasteiger partial charge on any atom is -0.311 e. The van der Waals surface area contributed by atoms with Crippen molar-refractivity contribution in [2.24, 2.45) is 5.41 Å². The molecule has 92 valence electrons. The van der Waals surface area contributed by atoms with E-state index in [1.165, 1.54) is 0 Å². The van der Waals surface area contributed by atoms with Gasteiger partial charge < -0.3 is 5.32 Å².